The number of aliphatic hydroxyl groups is 4. The van der Waals surface area contributed by atoms with E-state index in [-0.39, 0.29) is 11.5 Å². The van der Waals surface area contributed by atoms with Crippen LogP contribution in [-0.4, -0.2) is 82.0 Å². The highest BCUT2D eigenvalue weighted by atomic mass is 32.3. The van der Waals surface area contributed by atoms with Crippen molar-refractivity contribution in [1.82, 2.24) is 0 Å². The molecule has 1 heterocycles. The van der Waals surface area contributed by atoms with Gasteiger partial charge in [0.2, 0.25) is 0 Å². The van der Waals surface area contributed by atoms with Crippen molar-refractivity contribution in [1.29, 1.82) is 0 Å². The third kappa shape index (κ3) is 6.28. The molecule has 0 aliphatic carbocycles. The molecule has 11 nitrogen and oxygen atoms in total. The highest BCUT2D eigenvalue weighted by Gasteiger charge is 2.44. The Balaban J connectivity index is 2.23. The summed E-state index contributed by atoms with van der Waals surface area (Å²) in [5, 5.41) is 42.3. The first-order valence-electron chi connectivity index (χ1n) is 7.96. The number of aliphatic hydroxyl groups excluding tert-OH is 4. The number of oxime groups is 1. The van der Waals surface area contributed by atoms with E-state index in [1.165, 1.54) is 7.11 Å². The molecule has 2 rings (SSSR count). The lowest BCUT2D eigenvalue weighted by atomic mass is 10.0. The maximum Gasteiger partial charge on any atom is 0.284 e. The molecule has 0 amide bonds. The molecule has 28 heavy (non-hydrogen) atoms. The number of hydrogen-bond acceptors (Lipinski definition) is 12. The third-order valence-corrected chi connectivity index (χ3v) is 5.19. The van der Waals surface area contributed by atoms with Crippen LogP contribution in [0.15, 0.2) is 29.4 Å². The van der Waals surface area contributed by atoms with Gasteiger partial charge in [-0.3, -0.25) is 4.28 Å². The van der Waals surface area contributed by atoms with Gasteiger partial charge in [-0.25, -0.2) is 0 Å². The van der Waals surface area contributed by atoms with Gasteiger partial charge in [-0.15, -0.1) is 0 Å². The second-order valence-electron chi connectivity index (χ2n) is 5.81. The second-order valence-corrected chi connectivity index (χ2v) is 7.95. The normalized spacial score (nSPS) is 28.8. The summed E-state index contributed by atoms with van der Waals surface area (Å²) in [6.07, 6.45) is -5.92. The Morgan fingerprint density at radius 1 is 1.29 bits per heavy atom. The molecule has 1 aliphatic heterocycles. The third-order valence-electron chi connectivity index (χ3n) is 3.82. The van der Waals surface area contributed by atoms with Gasteiger partial charge >= 0.3 is 0 Å². The molecule has 0 aromatic heterocycles. The van der Waals surface area contributed by atoms with E-state index in [0.717, 1.165) is 0 Å². The number of thioether (sulfide) groups is 1. The van der Waals surface area contributed by atoms with Crippen molar-refractivity contribution in [3.63, 3.8) is 0 Å². The maximum atomic E-state index is 10.7. The Hall–Kier alpha value is -1.45. The lowest BCUT2D eigenvalue weighted by Gasteiger charge is -2.39. The van der Waals surface area contributed by atoms with Crippen molar-refractivity contribution < 1.29 is 47.2 Å². The average molecular weight is 438 g/mol. The minimum atomic E-state index is -5.12. The van der Waals surface area contributed by atoms with E-state index in [2.05, 4.69) is 9.44 Å². The van der Waals surface area contributed by atoms with Gasteiger partial charge in [-0.1, -0.05) is 29.1 Å². The van der Waals surface area contributed by atoms with E-state index >= 15 is 0 Å². The van der Waals surface area contributed by atoms with Crippen LogP contribution in [0.1, 0.15) is 5.56 Å². The van der Waals surface area contributed by atoms with Gasteiger partial charge in [0, 0.05) is 6.42 Å². The van der Waals surface area contributed by atoms with Gasteiger partial charge in [0.25, 0.3) is 10.4 Å². The van der Waals surface area contributed by atoms with Crippen molar-refractivity contribution in [2.24, 2.45) is 5.16 Å². The van der Waals surface area contributed by atoms with Crippen LogP contribution in [0.25, 0.3) is 0 Å². The molecular weight excluding hydrogens is 418 g/mol. The van der Waals surface area contributed by atoms with Crippen molar-refractivity contribution in [3.8, 4) is 5.75 Å². The standard InChI is InChI=1S/C15H21NO10S2/c1-24-9-4-2-3-8(5-9)6-11(16-26-28(21,22)23)27-15-14(20)13(19)12(18)10(7-17)25-15/h2-5,10,12-15,17-20H,6-7H2,1H3,(H,21,22,23)/p-1. The van der Waals surface area contributed by atoms with Gasteiger partial charge in [0.15, 0.2) is 0 Å². The first-order chi connectivity index (χ1) is 13.1. The van der Waals surface area contributed by atoms with E-state index in [9.17, 15) is 33.4 Å². The molecular formula is C15H20NO10S2-. The number of hydrogen-bond donors (Lipinski definition) is 4. The summed E-state index contributed by atoms with van der Waals surface area (Å²) in [4.78, 5) is 0. The van der Waals surface area contributed by atoms with E-state index in [0.29, 0.717) is 23.1 Å². The summed E-state index contributed by atoms with van der Waals surface area (Å²) in [7, 11) is -3.66. The molecule has 5 unspecified atom stereocenters. The predicted octanol–water partition coefficient (Wildman–Crippen LogP) is -1.44. The molecule has 1 aromatic rings. The fraction of sp³-hybridized carbons (Fsp3) is 0.533. The van der Waals surface area contributed by atoms with Crippen LogP contribution in [0, 0.1) is 0 Å². The van der Waals surface area contributed by atoms with E-state index < -0.39 is 46.9 Å². The lowest BCUT2D eigenvalue weighted by Crippen LogP contribution is -2.57. The summed E-state index contributed by atoms with van der Waals surface area (Å²) in [6.45, 7) is -0.629. The van der Waals surface area contributed by atoms with Gasteiger partial charge in [-0.05, 0) is 17.7 Å². The van der Waals surface area contributed by atoms with Crippen LogP contribution in [0.2, 0.25) is 0 Å². The molecule has 0 bridgehead atoms. The highest BCUT2D eigenvalue weighted by molar-refractivity contribution is 8.14. The smallest absolute Gasteiger partial charge is 0.284 e. The monoisotopic (exact) mass is 438 g/mol. The maximum absolute atomic E-state index is 10.7. The van der Waals surface area contributed by atoms with Crippen LogP contribution in [0.3, 0.4) is 0 Å². The molecule has 0 spiro atoms. The number of benzene rings is 1. The quantitative estimate of drug-likeness (QED) is 0.129. The Morgan fingerprint density at radius 2 is 2.00 bits per heavy atom. The van der Waals surface area contributed by atoms with Crippen LogP contribution >= 0.6 is 11.8 Å². The van der Waals surface area contributed by atoms with E-state index in [4.69, 9.17) is 9.47 Å². The van der Waals surface area contributed by atoms with Crippen molar-refractivity contribution >= 4 is 27.2 Å². The largest absolute Gasteiger partial charge is 0.714 e. The Morgan fingerprint density at radius 3 is 2.61 bits per heavy atom. The highest BCUT2D eigenvalue weighted by Crippen LogP contribution is 2.30. The molecule has 5 atom stereocenters. The summed E-state index contributed by atoms with van der Waals surface area (Å²) < 4.78 is 46.6. The van der Waals surface area contributed by atoms with Gasteiger partial charge in [0.1, 0.15) is 40.6 Å². The minimum Gasteiger partial charge on any atom is -0.714 e. The predicted molar refractivity (Wildman–Crippen MR) is 96.3 cm³/mol. The van der Waals surface area contributed by atoms with Crippen molar-refractivity contribution in [2.75, 3.05) is 13.7 Å². The van der Waals surface area contributed by atoms with Gasteiger partial charge < -0.3 is 34.5 Å². The zero-order valence-corrected chi connectivity index (χ0v) is 16.2. The van der Waals surface area contributed by atoms with Crippen LogP contribution in [0.4, 0.5) is 0 Å². The number of methoxy groups -OCH3 is 1. The Bertz CT molecular complexity index is 785. The SMILES string of the molecule is COc1cccc(CC(=NOS(=O)(=O)[O-])SC2OC(CO)C(O)C(O)C2O)c1. The molecule has 1 aromatic carbocycles. The average Bonchev–Trinajstić information content (AvgIpc) is 2.66. The summed E-state index contributed by atoms with van der Waals surface area (Å²) in [5.74, 6) is 0.520. The first-order valence-corrected chi connectivity index (χ1v) is 10.2. The summed E-state index contributed by atoms with van der Waals surface area (Å²) >= 11 is 0.674. The molecule has 1 saturated heterocycles. The summed E-state index contributed by atoms with van der Waals surface area (Å²) in [6, 6.07) is 6.67. The van der Waals surface area contributed by atoms with Gasteiger partial charge in [-0.2, -0.15) is 8.42 Å². The number of rotatable bonds is 7. The number of nitrogens with zero attached hydrogens (tertiary/aromatic N) is 1. The van der Waals surface area contributed by atoms with Gasteiger partial charge in [0.05, 0.1) is 13.7 Å². The fourth-order valence-electron chi connectivity index (χ4n) is 2.44. The zero-order valence-electron chi connectivity index (χ0n) is 14.6. The Kier molecular flexibility index (Phi) is 8.03. The molecule has 158 valence electrons. The topological polar surface area (TPSA) is 178 Å². The van der Waals surface area contributed by atoms with Crippen molar-refractivity contribution in [2.45, 2.75) is 36.3 Å². The lowest BCUT2D eigenvalue weighted by molar-refractivity contribution is -0.205. The summed E-state index contributed by atoms with van der Waals surface area (Å²) in [5.41, 5.74) is -0.611. The molecule has 1 fully saturated rings. The van der Waals surface area contributed by atoms with E-state index in [1.807, 2.05) is 0 Å². The van der Waals surface area contributed by atoms with Crippen molar-refractivity contribution in [3.05, 3.63) is 29.8 Å². The molecule has 0 saturated carbocycles. The Labute approximate surface area is 165 Å². The first kappa shape index (κ1) is 22.8. The molecule has 4 N–H and O–H groups in total. The zero-order chi connectivity index (χ0) is 20.9. The number of ether oxygens (including phenoxy) is 2. The fourth-order valence-corrected chi connectivity index (χ4v) is 3.76. The van der Waals surface area contributed by atoms with Crippen LogP contribution in [-0.2, 0) is 25.8 Å². The minimum absolute atomic E-state index is 0.0214. The second kappa shape index (κ2) is 9.84. The van der Waals surface area contributed by atoms with Crippen LogP contribution in [0.5, 0.6) is 5.75 Å². The van der Waals surface area contributed by atoms with E-state index in [1.54, 1.807) is 24.3 Å². The molecule has 0 radical (unpaired) electrons. The molecule has 1 aliphatic rings. The van der Waals surface area contributed by atoms with Crippen LogP contribution < -0.4 is 4.74 Å². The molecule has 13 heteroatoms.